The van der Waals surface area contributed by atoms with Crippen LogP contribution >= 0.6 is 0 Å². The highest BCUT2D eigenvalue weighted by Crippen LogP contribution is 2.35. The summed E-state index contributed by atoms with van der Waals surface area (Å²) in [4.78, 5) is 0. The first kappa shape index (κ1) is 15.6. The van der Waals surface area contributed by atoms with Crippen LogP contribution in [0.4, 0.5) is 17.6 Å². The fraction of sp³-hybridized carbons (Fsp3) is 1.00. The largest absolute Gasteiger partial charge is 0.384 e. The fourth-order valence-corrected chi connectivity index (χ4v) is 1.31. The summed E-state index contributed by atoms with van der Waals surface area (Å²) in [6.45, 7) is 1.97. The SMILES string of the molecule is CCCCCCCC(F)C(F)(F)C(O)(O)F. The van der Waals surface area contributed by atoms with Crippen LogP contribution in [0, 0.1) is 0 Å². The molecule has 0 heterocycles. The molecule has 0 fully saturated rings. The molecule has 0 radical (unpaired) electrons. The van der Waals surface area contributed by atoms with Gasteiger partial charge in [0.15, 0.2) is 6.17 Å². The van der Waals surface area contributed by atoms with Crippen LogP contribution in [0.3, 0.4) is 0 Å². The summed E-state index contributed by atoms with van der Waals surface area (Å²) in [5.41, 5.74) is 0. The topological polar surface area (TPSA) is 40.5 Å². The molecule has 0 aromatic heterocycles. The van der Waals surface area contributed by atoms with Crippen molar-refractivity contribution in [3.05, 3.63) is 0 Å². The van der Waals surface area contributed by atoms with Gasteiger partial charge in [-0.05, 0) is 6.42 Å². The maximum Gasteiger partial charge on any atom is 0.384 e. The molecule has 16 heavy (non-hydrogen) atoms. The molecular formula is C10H18F4O2. The quantitative estimate of drug-likeness (QED) is 0.393. The van der Waals surface area contributed by atoms with E-state index in [1.807, 2.05) is 6.92 Å². The van der Waals surface area contributed by atoms with E-state index in [2.05, 4.69) is 0 Å². The van der Waals surface area contributed by atoms with Crippen LogP contribution in [0.25, 0.3) is 0 Å². The lowest BCUT2D eigenvalue weighted by Crippen LogP contribution is -2.50. The van der Waals surface area contributed by atoms with Gasteiger partial charge in [0.2, 0.25) is 0 Å². The van der Waals surface area contributed by atoms with Gasteiger partial charge in [-0.3, -0.25) is 0 Å². The molecule has 6 heteroatoms. The molecule has 0 saturated carbocycles. The van der Waals surface area contributed by atoms with Gasteiger partial charge in [0.25, 0.3) is 0 Å². The summed E-state index contributed by atoms with van der Waals surface area (Å²) < 4.78 is 50.3. The summed E-state index contributed by atoms with van der Waals surface area (Å²) in [5.74, 6) is -4.78. The third kappa shape index (κ3) is 4.65. The molecule has 0 saturated heterocycles. The van der Waals surface area contributed by atoms with Crippen LogP contribution in [-0.2, 0) is 0 Å². The fourth-order valence-electron chi connectivity index (χ4n) is 1.31. The van der Waals surface area contributed by atoms with Crippen molar-refractivity contribution in [2.75, 3.05) is 0 Å². The first-order valence-corrected chi connectivity index (χ1v) is 5.39. The lowest BCUT2D eigenvalue weighted by atomic mass is 10.0. The summed E-state index contributed by atoms with van der Waals surface area (Å²) in [5, 5.41) is 16.1. The molecular weight excluding hydrogens is 228 g/mol. The molecule has 0 aromatic carbocycles. The van der Waals surface area contributed by atoms with E-state index in [9.17, 15) is 17.6 Å². The number of aliphatic hydroxyl groups is 2. The minimum Gasteiger partial charge on any atom is -0.335 e. The molecule has 2 N–H and O–H groups in total. The molecule has 0 amide bonds. The Labute approximate surface area is 92.3 Å². The van der Waals surface area contributed by atoms with Gasteiger partial charge in [-0.2, -0.15) is 13.2 Å². The number of unbranched alkanes of at least 4 members (excludes halogenated alkanes) is 4. The Balaban J connectivity index is 3.92. The second-order valence-corrected chi connectivity index (χ2v) is 3.88. The monoisotopic (exact) mass is 246 g/mol. The van der Waals surface area contributed by atoms with Crippen LogP contribution in [0.1, 0.15) is 45.4 Å². The second-order valence-electron chi connectivity index (χ2n) is 3.88. The average molecular weight is 246 g/mol. The van der Waals surface area contributed by atoms with Crippen molar-refractivity contribution in [2.24, 2.45) is 0 Å². The molecule has 0 rings (SSSR count). The first-order chi connectivity index (χ1) is 7.23. The third-order valence-corrected chi connectivity index (χ3v) is 2.38. The third-order valence-electron chi connectivity index (χ3n) is 2.38. The van der Waals surface area contributed by atoms with Gasteiger partial charge < -0.3 is 10.2 Å². The van der Waals surface area contributed by atoms with Gasteiger partial charge in [0.1, 0.15) is 0 Å². The average Bonchev–Trinajstić information content (AvgIpc) is 2.15. The first-order valence-electron chi connectivity index (χ1n) is 5.39. The minimum absolute atomic E-state index is 0.173. The van der Waals surface area contributed by atoms with Gasteiger partial charge in [0, 0.05) is 0 Å². The van der Waals surface area contributed by atoms with Crippen molar-refractivity contribution < 1.29 is 27.8 Å². The zero-order valence-corrected chi connectivity index (χ0v) is 9.23. The molecule has 0 bridgehead atoms. The molecule has 2 nitrogen and oxygen atoms in total. The van der Waals surface area contributed by atoms with E-state index in [1.165, 1.54) is 0 Å². The molecule has 0 aliphatic heterocycles. The normalized spacial score (nSPS) is 15.2. The van der Waals surface area contributed by atoms with Crippen molar-refractivity contribution in [3.8, 4) is 0 Å². The van der Waals surface area contributed by atoms with E-state index in [4.69, 9.17) is 10.2 Å². The van der Waals surface area contributed by atoms with Crippen LogP contribution < -0.4 is 0 Å². The molecule has 0 aromatic rings. The predicted octanol–water partition coefficient (Wildman–Crippen LogP) is 2.93. The maximum absolute atomic E-state index is 12.9. The number of rotatable bonds is 8. The Morgan fingerprint density at radius 2 is 1.50 bits per heavy atom. The summed E-state index contributed by atoms with van der Waals surface area (Å²) in [7, 11) is 0. The van der Waals surface area contributed by atoms with E-state index in [1.54, 1.807) is 0 Å². The van der Waals surface area contributed by atoms with E-state index in [-0.39, 0.29) is 6.42 Å². The maximum atomic E-state index is 12.9. The molecule has 98 valence electrons. The molecule has 1 unspecified atom stereocenters. The Morgan fingerprint density at radius 1 is 1.00 bits per heavy atom. The van der Waals surface area contributed by atoms with Crippen LogP contribution in [-0.4, -0.2) is 28.3 Å². The highest BCUT2D eigenvalue weighted by molar-refractivity contribution is 4.83. The van der Waals surface area contributed by atoms with Crippen molar-refractivity contribution in [1.82, 2.24) is 0 Å². The lowest BCUT2D eigenvalue weighted by molar-refractivity contribution is -0.380. The van der Waals surface area contributed by atoms with Crippen molar-refractivity contribution in [2.45, 2.75) is 63.6 Å². The number of hydrogen-bond donors (Lipinski definition) is 2. The van der Waals surface area contributed by atoms with Crippen LogP contribution in [0.2, 0.25) is 0 Å². The standard InChI is InChI=1S/C10H18F4O2/c1-2-3-4-5-6-7-8(11)9(12,13)10(14,15)16/h8,15-16H,2-7H2,1H3. The van der Waals surface area contributed by atoms with Gasteiger partial charge in [-0.15, -0.1) is 0 Å². The molecule has 0 aliphatic rings. The van der Waals surface area contributed by atoms with E-state index >= 15 is 0 Å². The Kier molecular flexibility index (Phi) is 6.25. The second kappa shape index (κ2) is 6.39. The minimum atomic E-state index is -4.80. The lowest BCUT2D eigenvalue weighted by Gasteiger charge is -2.26. The van der Waals surface area contributed by atoms with Crippen molar-refractivity contribution >= 4 is 0 Å². The van der Waals surface area contributed by atoms with Gasteiger partial charge in [-0.25, -0.2) is 4.39 Å². The van der Waals surface area contributed by atoms with Crippen LogP contribution in [0.5, 0.6) is 0 Å². The number of hydrogen-bond acceptors (Lipinski definition) is 2. The molecule has 0 spiro atoms. The van der Waals surface area contributed by atoms with Gasteiger partial charge >= 0.3 is 12.0 Å². The van der Waals surface area contributed by atoms with Crippen molar-refractivity contribution in [3.63, 3.8) is 0 Å². The van der Waals surface area contributed by atoms with Gasteiger partial charge in [0.05, 0.1) is 0 Å². The smallest absolute Gasteiger partial charge is 0.335 e. The van der Waals surface area contributed by atoms with Gasteiger partial charge in [-0.1, -0.05) is 39.0 Å². The summed E-state index contributed by atoms with van der Waals surface area (Å²) in [6, 6.07) is -4.80. The highest BCUT2D eigenvalue weighted by atomic mass is 19.3. The van der Waals surface area contributed by atoms with Crippen LogP contribution in [0.15, 0.2) is 0 Å². The Hall–Kier alpha value is -0.360. The Morgan fingerprint density at radius 3 is 1.94 bits per heavy atom. The zero-order valence-electron chi connectivity index (χ0n) is 9.23. The zero-order chi connectivity index (χ0) is 12.8. The van der Waals surface area contributed by atoms with E-state index in [0.717, 1.165) is 19.3 Å². The van der Waals surface area contributed by atoms with E-state index < -0.39 is 24.6 Å². The Bertz CT molecular complexity index is 192. The molecule has 1 atom stereocenters. The number of halogens is 4. The predicted molar refractivity (Wildman–Crippen MR) is 51.5 cm³/mol. The summed E-state index contributed by atoms with van der Waals surface area (Å²) >= 11 is 0. The van der Waals surface area contributed by atoms with Crippen molar-refractivity contribution in [1.29, 1.82) is 0 Å². The highest BCUT2D eigenvalue weighted by Gasteiger charge is 2.59. The molecule has 0 aliphatic carbocycles. The number of alkyl halides is 4. The summed E-state index contributed by atoms with van der Waals surface area (Å²) in [6.07, 6.45) is -0.0182. The van der Waals surface area contributed by atoms with E-state index in [0.29, 0.717) is 6.42 Å².